The number of para-hydroxylation sites is 1. The molecule has 0 saturated heterocycles. The van der Waals surface area contributed by atoms with Crippen LogP contribution in [0.15, 0.2) is 35.5 Å². The summed E-state index contributed by atoms with van der Waals surface area (Å²) in [6.07, 6.45) is 5.94. The maximum Gasteiger partial charge on any atom is 0.232 e. The lowest BCUT2D eigenvalue weighted by Crippen LogP contribution is -2.46. The van der Waals surface area contributed by atoms with Crippen molar-refractivity contribution in [3.63, 3.8) is 0 Å². The Hall–Kier alpha value is -2.83. The van der Waals surface area contributed by atoms with Crippen molar-refractivity contribution < 1.29 is 4.79 Å². The highest BCUT2D eigenvalue weighted by Crippen LogP contribution is 2.33. The fraction of sp³-hybridized carbons (Fsp3) is 0.500. The molecule has 0 fully saturated rings. The molecule has 2 aromatic rings. The first-order valence-electron chi connectivity index (χ1n) is 10.5. The average Bonchev–Trinajstić information content (AvgIpc) is 3.28. The fourth-order valence-corrected chi connectivity index (χ4v) is 4.19. The number of nitrogens with zero attached hydrogens (tertiary/aromatic N) is 3. The molecule has 0 saturated carbocycles. The number of guanidine groups is 1. The van der Waals surface area contributed by atoms with E-state index < -0.39 is 0 Å². The summed E-state index contributed by atoms with van der Waals surface area (Å²) in [5, 5.41) is 14.6. The topological polar surface area (TPSA) is 83.3 Å². The maximum atomic E-state index is 12.3. The number of rotatable bonds is 5. The molecule has 0 radical (unpaired) electrons. The largest absolute Gasteiger partial charge is 0.356 e. The van der Waals surface area contributed by atoms with E-state index in [-0.39, 0.29) is 11.8 Å². The van der Waals surface area contributed by atoms with Gasteiger partial charge in [-0.25, -0.2) is 0 Å². The quantitative estimate of drug-likeness (QED) is 0.538. The van der Waals surface area contributed by atoms with E-state index in [0.717, 1.165) is 42.9 Å². The molecule has 2 atom stereocenters. The number of aliphatic imine (C=N–C) groups is 1. The number of hydrogen-bond acceptors (Lipinski definition) is 3. The molecule has 7 nitrogen and oxygen atoms in total. The van der Waals surface area contributed by atoms with Gasteiger partial charge in [0.05, 0.1) is 11.6 Å². The van der Waals surface area contributed by atoms with Crippen LogP contribution >= 0.6 is 0 Å². The SMILES string of the molecule is CN=C(NCCC1C(=O)Nc2ccccc21)NC1CCc2cn(C(C)C)nc2C1. The number of benzene rings is 1. The minimum Gasteiger partial charge on any atom is -0.356 e. The summed E-state index contributed by atoms with van der Waals surface area (Å²) >= 11 is 0. The number of carbonyl (C=O) groups is 1. The van der Waals surface area contributed by atoms with Crippen molar-refractivity contribution >= 4 is 17.6 Å². The average molecular weight is 395 g/mol. The van der Waals surface area contributed by atoms with Gasteiger partial charge in [-0.3, -0.25) is 14.5 Å². The normalized spacial score (nSPS) is 21.0. The van der Waals surface area contributed by atoms with Gasteiger partial charge in [-0.1, -0.05) is 18.2 Å². The van der Waals surface area contributed by atoms with Crippen LogP contribution in [0.25, 0.3) is 0 Å². The number of amides is 1. The molecule has 1 aromatic carbocycles. The van der Waals surface area contributed by atoms with Crippen LogP contribution in [0.2, 0.25) is 0 Å². The highest BCUT2D eigenvalue weighted by molar-refractivity contribution is 6.02. The van der Waals surface area contributed by atoms with Gasteiger partial charge in [0, 0.05) is 44.0 Å². The molecule has 1 aliphatic carbocycles. The third-order valence-electron chi connectivity index (χ3n) is 5.83. The number of aryl methyl sites for hydroxylation is 1. The van der Waals surface area contributed by atoms with E-state index in [0.29, 0.717) is 18.6 Å². The molecule has 0 spiro atoms. The first-order valence-corrected chi connectivity index (χ1v) is 10.5. The van der Waals surface area contributed by atoms with Crippen LogP contribution in [-0.2, 0) is 17.6 Å². The van der Waals surface area contributed by atoms with E-state index in [1.165, 1.54) is 11.3 Å². The zero-order chi connectivity index (χ0) is 20.4. The van der Waals surface area contributed by atoms with Gasteiger partial charge < -0.3 is 16.0 Å². The molecule has 1 amide bonds. The van der Waals surface area contributed by atoms with Crippen molar-refractivity contribution in [1.29, 1.82) is 0 Å². The van der Waals surface area contributed by atoms with Crippen LogP contribution < -0.4 is 16.0 Å². The number of aromatic nitrogens is 2. The second-order valence-corrected chi connectivity index (χ2v) is 8.18. The molecular weight excluding hydrogens is 364 g/mol. The predicted octanol–water partition coefficient (Wildman–Crippen LogP) is 2.61. The van der Waals surface area contributed by atoms with E-state index >= 15 is 0 Å². The van der Waals surface area contributed by atoms with E-state index in [1.807, 2.05) is 24.3 Å². The molecule has 2 aliphatic rings. The number of fused-ring (bicyclic) bond motifs is 2. The fourth-order valence-electron chi connectivity index (χ4n) is 4.19. The number of carbonyl (C=O) groups excluding carboxylic acids is 1. The molecule has 1 aliphatic heterocycles. The number of hydrogen-bond donors (Lipinski definition) is 3. The van der Waals surface area contributed by atoms with Crippen LogP contribution in [0.3, 0.4) is 0 Å². The monoisotopic (exact) mass is 394 g/mol. The molecule has 4 rings (SSSR count). The van der Waals surface area contributed by atoms with E-state index in [4.69, 9.17) is 5.10 Å². The van der Waals surface area contributed by atoms with Gasteiger partial charge in [0.1, 0.15) is 0 Å². The Labute approximate surface area is 172 Å². The Kier molecular flexibility index (Phi) is 5.56. The predicted molar refractivity (Wildman–Crippen MR) is 115 cm³/mol. The summed E-state index contributed by atoms with van der Waals surface area (Å²) in [7, 11) is 1.79. The van der Waals surface area contributed by atoms with E-state index in [9.17, 15) is 4.79 Å². The molecular formula is C22H30N6O. The van der Waals surface area contributed by atoms with Crippen molar-refractivity contribution in [2.24, 2.45) is 4.99 Å². The van der Waals surface area contributed by atoms with Crippen molar-refractivity contribution in [1.82, 2.24) is 20.4 Å². The van der Waals surface area contributed by atoms with Gasteiger partial charge in [0.2, 0.25) is 5.91 Å². The lowest BCUT2D eigenvalue weighted by atomic mass is 9.94. The molecule has 154 valence electrons. The molecule has 3 N–H and O–H groups in total. The van der Waals surface area contributed by atoms with Crippen LogP contribution in [-0.4, -0.2) is 41.3 Å². The van der Waals surface area contributed by atoms with Crippen LogP contribution in [0.4, 0.5) is 5.69 Å². The Morgan fingerprint density at radius 2 is 2.21 bits per heavy atom. The standard InChI is InChI=1S/C22H30N6O/c1-14(2)28-13-15-8-9-16(12-20(15)27-28)25-22(23-3)24-11-10-18-17-6-4-5-7-19(17)26-21(18)29/h4-7,13-14,16,18H,8-12H2,1-3H3,(H,26,29)(H2,23,24,25). The Morgan fingerprint density at radius 1 is 1.38 bits per heavy atom. The summed E-state index contributed by atoms with van der Waals surface area (Å²) in [6.45, 7) is 5.00. The second-order valence-electron chi connectivity index (χ2n) is 8.18. The van der Waals surface area contributed by atoms with Crippen molar-refractivity contribution in [2.45, 2.75) is 57.5 Å². The van der Waals surface area contributed by atoms with Gasteiger partial charge in [0.15, 0.2) is 5.96 Å². The highest BCUT2D eigenvalue weighted by atomic mass is 16.2. The van der Waals surface area contributed by atoms with Gasteiger partial charge in [0.25, 0.3) is 0 Å². The first-order chi connectivity index (χ1) is 14.0. The lowest BCUT2D eigenvalue weighted by Gasteiger charge is -2.24. The third kappa shape index (κ3) is 4.13. The summed E-state index contributed by atoms with van der Waals surface area (Å²) < 4.78 is 2.06. The third-order valence-corrected chi connectivity index (χ3v) is 5.83. The van der Waals surface area contributed by atoms with Gasteiger partial charge in [-0.05, 0) is 50.3 Å². The smallest absolute Gasteiger partial charge is 0.232 e. The summed E-state index contributed by atoms with van der Waals surface area (Å²) in [6, 6.07) is 8.63. The number of anilines is 1. The summed E-state index contributed by atoms with van der Waals surface area (Å²) in [4.78, 5) is 16.6. The molecule has 29 heavy (non-hydrogen) atoms. The van der Waals surface area contributed by atoms with E-state index in [2.05, 4.69) is 45.7 Å². The van der Waals surface area contributed by atoms with Crippen molar-refractivity contribution in [2.75, 3.05) is 18.9 Å². The molecule has 7 heteroatoms. The van der Waals surface area contributed by atoms with Crippen LogP contribution in [0.5, 0.6) is 0 Å². The Morgan fingerprint density at radius 3 is 3.00 bits per heavy atom. The first kappa shape index (κ1) is 19.5. The van der Waals surface area contributed by atoms with Crippen LogP contribution in [0.1, 0.15) is 55.5 Å². The zero-order valence-corrected chi connectivity index (χ0v) is 17.4. The maximum absolute atomic E-state index is 12.3. The Balaban J connectivity index is 1.30. The van der Waals surface area contributed by atoms with Crippen molar-refractivity contribution in [3.05, 3.63) is 47.3 Å². The van der Waals surface area contributed by atoms with Gasteiger partial charge >= 0.3 is 0 Å². The number of nitrogens with one attached hydrogen (secondary N) is 3. The molecule has 2 unspecified atom stereocenters. The molecule has 0 bridgehead atoms. The van der Waals surface area contributed by atoms with E-state index in [1.54, 1.807) is 7.05 Å². The van der Waals surface area contributed by atoms with Crippen molar-refractivity contribution in [3.8, 4) is 0 Å². The minimum atomic E-state index is -0.103. The van der Waals surface area contributed by atoms with Crippen LogP contribution in [0, 0.1) is 0 Å². The van der Waals surface area contributed by atoms with Gasteiger partial charge in [-0.15, -0.1) is 0 Å². The van der Waals surface area contributed by atoms with Gasteiger partial charge in [-0.2, -0.15) is 5.10 Å². The summed E-state index contributed by atoms with van der Waals surface area (Å²) in [5.41, 5.74) is 4.58. The second kappa shape index (κ2) is 8.27. The molecule has 1 aromatic heterocycles. The Bertz CT molecular complexity index is 916. The zero-order valence-electron chi connectivity index (χ0n) is 17.4. The minimum absolute atomic E-state index is 0.0801. The lowest BCUT2D eigenvalue weighted by molar-refractivity contribution is -0.117. The summed E-state index contributed by atoms with van der Waals surface area (Å²) in [5.74, 6) is 0.763. The highest BCUT2D eigenvalue weighted by Gasteiger charge is 2.29. The molecule has 2 heterocycles.